The van der Waals surface area contributed by atoms with E-state index in [0.29, 0.717) is 0 Å². The number of rotatable bonds is 6. The summed E-state index contributed by atoms with van der Waals surface area (Å²) in [7, 11) is 1.73. The van der Waals surface area contributed by atoms with Crippen LogP contribution in [0.1, 0.15) is 51.1 Å². The van der Waals surface area contributed by atoms with Crippen molar-refractivity contribution in [3.05, 3.63) is 29.8 Å². The maximum atomic E-state index is 6.74. The van der Waals surface area contributed by atoms with Crippen LogP contribution in [0.25, 0.3) is 0 Å². The van der Waals surface area contributed by atoms with E-state index in [2.05, 4.69) is 30.9 Å². The minimum atomic E-state index is 0.0149. The summed E-state index contributed by atoms with van der Waals surface area (Å²) >= 11 is 0. The number of benzene rings is 1. The van der Waals surface area contributed by atoms with Crippen molar-refractivity contribution < 1.29 is 4.74 Å². The normalized spacial score (nSPS) is 19.2. The van der Waals surface area contributed by atoms with Crippen molar-refractivity contribution in [2.24, 2.45) is 5.73 Å². The van der Waals surface area contributed by atoms with Gasteiger partial charge < -0.3 is 10.5 Å². The highest BCUT2D eigenvalue weighted by Crippen LogP contribution is 2.45. The van der Waals surface area contributed by atoms with E-state index >= 15 is 0 Å². The van der Waals surface area contributed by atoms with Gasteiger partial charge in [0.15, 0.2) is 0 Å². The Labute approximate surface area is 123 Å². The molecule has 1 saturated carbocycles. The second-order valence-corrected chi connectivity index (χ2v) is 5.70. The molecule has 0 spiro atoms. The van der Waals surface area contributed by atoms with Crippen molar-refractivity contribution in [3.8, 4) is 5.75 Å². The van der Waals surface area contributed by atoms with Gasteiger partial charge in [-0.25, -0.2) is 0 Å². The van der Waals surface area contributed by atoms with Crippen LogP contribution in [0.2, 0.25) is 0 Å². The van der Waals surface area contributed by atoms with Crippen molar-refractivity contribution in [3.63, 3.8) is 0 Å². The van der Waals surface area contributed by atoms with E-state index in [9.17, 15) is 0 Å². The molecule has 0 heterocycles. The highest BCUT2D eigenvalue weighted by molar-refractivity contribution is 5.38. The fourth-order valence-electron chi connectivity index (χ4n) is 3.88. The predicted octanol–water partition coefficient (Wildman–Crippen LogP) is 3.35. The Morgan fingerprint density at radius 2 is 1.80 bits per heavy atom. The third-order valence-electron chi connectivity index (χ3n) is 4.92. The predicted molar refractivity (Wildman–Crippen MR) is 84.0 cm³/mol. The molecule has 0 aliphatic heterocycles. The molecular formula is C17H28N2O. The Balaban J connectivity index is 2.38. The molecular weight excluding hydrogens is 248 g/mol. The Morgan fingerprint density at radius 3 is 2.35 bits per heavy atom. The van der Waals surface area contributed by atoms with Crippen LogP contribution in [-0.2, 0) is 0 Å². The van der Waals surface area contributed by atoms with E-state index in [1.807, 2.05) is 12.1 Å². The minimum Gasteiger partial charge on any atom is -0.496 e. The standard InChI is InChI=1S/C17H28N2O/c1-4-19(5-2)17(12-8-9-13-17)16(18)14-10-6-7-11-15(14)20-3/h6-7,10-11,16H,4-5,8-9,12-13,18H2,1-3H3. The third kappa shape index (κ3) is 2.57. The zero-order valence-corrected chi connectivity index (χ0v) is 13.1. The van der Waals surface area contributed by atoms with Gasteiger partial charge >= 0.3 is 0 Å². The summed E-state index contributed by atoms with van der Waals surface area (Å²) in [5.74, 6) is 0.915. The van der Waals surface area contributed by atoms with Crippen LogP contribution in [-0.4, -0.2) is 30.6 Å². The highest BCUT2D eigenvalue weighted by Gasteiger charge is 2.44. The topological polar surface area (TPSA) is 38.5 Å². The second kappa shape index (κ2) is 6.59. The lowest BCUT2D eigenvalue weighted by molar-refractivity contribution is 0.0761. The van der Waals surface area contributed by atoms with E-state index in [-0.39, 0.29) is 11.6 Å². The number of methoxy groups -OCH3 is 1. The molecule has 1 aromatic rings. The molecule has 0 radical (unpaired) electrons. The van der Waals surface area contributed by atoms with Gasteiger partial charge in [0.05, 0.1) is 13.2 Å². The zero-order valence-electron chi connectivity index (χ0n) is 13.1. The van der Waals surface area contributed by atoms with Gasteiger partial charge in [-0.3, -0.25) is 4.90 Å². The van der Waals surface area contributed by atoms with Gasteiger partial charge in [-0.15, -0.1) is 0 Å². The van der Waals surface area contributed by atoms with Gasteiger partial charge in [-0.1, -0.05) is 44.9 Å². The Hall–Kier alpha value is -1.06. The summed E-state index contributed by atoms with van der Waals surface area (Å²) < 4.78 is 5.52. The van der Waals surface area contributed by atoms with E-state index in [4.69, 9.17) is 10.5 Å². The first-order valence-corrected chi connectivity index (χ1v) is 7.83. The molecule has 112 valence electrons. The molecule has 0 bridgehead atoms. The molecule has 3 heteroatoms. The van der Waals surface area contributed by atoms with Crippen LogP contribution in [0, 0.1) is 0 Å². The molecule has 1 atom stereocenters. The number of likely N-dealkylation sites (N-methyl/N-ethyl adjacent to an activating group) is 1. The van der Waals surface area contributed by atoms with E-state index < -0.39 is 0 Å². The van der Waals surface area contributed by atoms with Gasteiger partial charge in [-0.2, -0.15) is 0 Å². The molecule has 0 saturated heterocycles. The minimum absolute atomic E-state index is 0.0149. The van der Waals surface area contributed by atoms with E-state index in [0.717, 1.165) is 24.4 Å². The fourth-order valence-corrected chi connectivity index (χ4v) is 3.88. The number of nitrogens with zero attached hydrogens (tertiary/aromatic N) is 1. The van der Waals surface area contributed by atoms with Crippen LogP contribution in [0.5, 0.6) is 5.75 Å². The monoisotopic (exact) mass is 276 g/mol. The van der Waals surface area contributed by atoms with E-state index in [1.54, 1.807) is 7.11 Å². The Bertz CT molecular complexity index is 423. The molecule has 20 heavy (non-hydrogen) atoms. The SMILES string of the molecule is CCN(CC)C1(C(N)c2ccccc2OC)CCCC1. The highest BCUT2D eigenvalue weighted by atomic mass is 16.5. The first-order valence-electron chi connectivity index (χ1n) is 7.83. The molecule has 2 N–H and O–H groups in total. The lowest BCUT2D eigenvalue weighted by atomic mass is 9.82. The smallest absolute Gasteiger partial charge is 0.123 e. The Kier molecular flexibility index (Phi) is 5.06. The van der Waals surface area contributed by atoms with Crippen LogP contribution >= 0.6 is 0 Å². The molecule has 2 rings (SSSR count). The maximum Gasteiger partial charge on any atom is 0.123 e. The number of nitrogens with two attached hydrogens (primary N) is 1. The number of para-hydroxylation sites is 1. The van der Waals surface area contributed by atoms with Crippen LogP contribution in [0.4, 0.5) is 0 Å². The second-order valence-electron chi connectivity index (χ2n) is 5.70. The number of ether oxygens (including phenoxy) is 1. The lowest BCUT2D eigenvalue weighted by Gasteiger charge is -2.45. The van der Waals surface area contributed by atoms with Crippen molar-refractivity contribution in [1.29, 1.82) is 0 Å². The molecule has 0 aromatic heterocycles. The number of hydrogen-bond donors (Lipinski definition) is 1. The first kappa shape index (κ1) is 15.3. The van der Waals surface area contributed by atoms with Crippen molar-refractivity contribution in [2.75, 3.05) is 20.2 Å². The van der Waals surface area contributed by atoms with Crippen molar-refractivity contribution in [2.45, 2.75) is 51.1 Å². The van der Waals surface area contributed by atoms with Gasteiger partial charge in [0, 0.05) is 11.1 Å². The lowest BCUT2D eigenvalue weighted by Crippen LogP contribution is -2.53. The fraction of sp³-hybridized carbons (Fsp3) is 0.647. The van der Waals surface area contributed by atoms with Crippen LogP contribution in [0.15, 0.2) is 24.3 Å². The third-order valence-corrected chi connectivity index (χ3v) is 4.92. The quantitative estimate of drug-likeness (QED) is 0.866. The Morgan fingerprint density at radius 1 is 1.20 bits per heavy atom. The number of hydrogen-bond acceptors (Lipinski definition) is 3. The summed E-state index contributed by atoms with van der Waals surface area (Å²) in [6, 6.07) is 8.21. The zero-order chi connectivity index (χ0) is 14.6. The molecule has 0 amide bonds. The van der Waals surface area contributed by atoms with Gasteiger partial charge in [0.25, 0.3) is 0 Å². The van der Waals surface area contributed by atoms with Crippen LogP contribution < -0.4 is 10.5 Å². The molecule has 1 unspecified atom stereocenters. The summed E-state index contributed by atoms with van der Waals surface area (Å²) in [6.45, 7) is 6.58. The summed E-state index contributed by atoms with van der Waals surface area (Å²) in [5, 5.41) is 0. The van der Waals surface area contributed by atoms with Gasteiger partial charge in [0.2, 0.25) is 0 Å². The van der Waals surface area contributed by atoms with Crippen molar-refractivity contribution >= 4 is 0 Å². The largest absolute Gasteiger partial charge is 0.496 e. The average molecular weight is 276 g/mol. The summed E-state index contributed by atoms with van der Waals surface area (Å²) in [5.41, 5.74) is 7.98. The summed E-state index contributed by atoms with van der Waals surface area (Å²) in [4.78, 5) is 2.55. The summed E-state index contributed by atoms with van der Waals surface area (Å²) in [6.07, 6.45) is 4.93. The molecule has 1 aliphatic rings. The average Bonchev–Trinajstić information content (AvgIpc) is 2.98. The van der Waals surface area contributed by atoms with E-state index in [1.165, 1.54) is 25.7 Å². The molecule has 1 aliphatic carbocycles. The van der Waals surface area contributed by atoms with Gasteiger partial charge in [0.1, 0.15) is 5.75 Å². The molecule has 1 fully saturated rings. The van der Waals surface area contributed by atoms with Gasteiger partial charge in [-0.05, 0) is 32.0 Å². The molecule has 3 nitrogen and oxygen atoms in total. The van der Waals surface area contributed by atoms with Crippen LogP contribution in [0.3, 0.4) is 0 Å². The first-order chi connectivity index (χ1) is 9.69. The maximum absolute atomic E-state index is 6.74. The van der Waals surface area contributed by atoms with Crippen molar-refractivity contribution in [1.82, 2.24) is 4.90 Å². The molecule has 1 aromatic carbocycles.